The number of hydroxylamine groups is 1. The Labute approximate surface area is 126 Å². The lowest BCUT2D eigenvalue weighted by molar-refractivity contribution is -0.281. The average molecular weight is 297 g/mol. The molecule has 1 N–H and O–H groups in total. The summed E-state index contributed by atoms with van der Waals surface area (Å²) in [6.07, 6.45) is 6.64. The van der Waals surface area contributed by atoms with Crippen LogP contribution in [0.2, 0.25) is 0 Å². The molecule has 0 radical (unpaired) electrons. The summed E-state index contributed by atoms with van der Waals surface area (Å²) >= 11 is 0. The van der Waals surface area contributed by atoms with E-state index in [1.165, 1.54) is 6.42 Å². The highest BCUT2D eigenvalue weighted by Crippen LogP contribution is 2.49. The van der Waals surface area contributed by atoms with Crippen molar-refractivity contribution in [3.8, 4) is 0 Å². The molecular weight excluding hydrogens is 270 g/mol. The Hall–Kier alpha value is -0.650. The quantitative estimate of drug-likeness (QED) is 0.812. The van der Waals surface area contributed by atoms with Gasteiger partial charge in [0.2, 0.25) is 5.79 Å². The summed E-state index contributed by atoms with van der Waals surface area (Å²) in [4.78, 5) is 18.3. The largest absolute Gasteiger partial charge is 0.429 e. The number of carbonyl (C=O) groups excluding carboxylic acids is 1. The van der Waals surface area contributed by atoms with Gasteiger partial charge in [-0.1, -0.05) is 27.2 Å². The lowest BCUT2D eigenvalue weighted by Crippen LogP contribution is -2.45. The van der Waals surface area contributed by atoms with E-state index in [2.05, 4.69) is 26.3 Å². The van der Waals surface area contributed by atoms with Crippen molar-refractivity contribution in [2.75, 3.05) is 0 Å². The minimum atomic E-state index is -1.23. The van der Waals surface area contributed by atoms with E-state index < -0.39 is 11.6 Å². The van der Waals surface area contributed by atoms with Gasteiger partial charge < -0.3 is 4.74 Å². The first kappa shape index (κ1) is 15.3. The van der Waals surface area contributed by atoms with Crippen LogP contribution in [-0.2, 0) is 19.1 Å². The predicted molar refractivity (Wildman–Crippen MR) is 77.0 cm³/mol. The lowest BCUT2D eigenvalue weighted by Gasteiger charge is -2.32. The zero-order valence-electron chi connectivity index (χ0n) is 13.3. The summed E-state index contributed by atoms with van der Waals surface area (Å²) in [7, 11) is 0. The Bertz CT molecular complexity index is 405. The third-order valence-corrected chi connectivity index (χ3v) is 5.02. The van der Waals surface area contributed by atoms with Gasteiger partial charge in [0, 0.05) is 24.8 Å². The first-order valence-corrected chi connectivity index (χ1v) is 8.38. The van der Waals surface area contributed by atoms with Gasteiger partial charge in [-0.05, 0) is 31.6 Å². The minimum Gasteiger partial charge on any atom is -0.429 e. The zero-order chi connectivity index (χ0) is 15.1. The van der Waals surface area contributed by atoms with Crippen molar-refractivity contribution in [3.63, 3.8) is 0 Å². The molecule has 2 spiro atoms. The van der Waals surface area contributed by atoms with Gasteiger partial charge in [-0.15, -0.1) is 0 Å². The van der Waals surface area contributed by atoms with Crippen LogP contribution in [0.4, 0.5) is 0 Å². The Morgan fingerprint density at radius 1 is 1.29 bits per heavy atom. The first-order chi connectivity index (χ1) is 10.0. The number of rotatable bonds is 3. The van der Waals surface area contributed by atoms with Crippen molar-refractivity contribution in [1.82, 2.24) is 5.48 Å². The Morgan fingerprint density at radius 3 is 2.62 bits per heavy atom. The number of nitrogens with one attached hydrogen (secondary N) is 1. The maximum absolute atomic E-state index is 12.6. The molecule has 21 heavy (non-hydrogen) atoms. The van der Waals surface area contributed by atoms with Crippen LogP contribution < -0.4 is 5.48 Å². The fourth-order valence-electron chi connectivity index (χ4n) is 4.02. The molecule has 0 aromatic rings. The smallest absolute Gasteiger partial charge is 0.371 e. The molecule has 3 fully saturated rings. The second kappa shape index (κ2) is 5.52. The molecular formula is C16H27NO4. The second-order valence-electron chi connectivity index (χ2n) is 7.10. The predicted octanol–water partition coefficient (Wildman–Crippen LogP) is 2.89. The second-order valence-corrected chi connectivity index (χ2v) is 7.10. The highest BCUT2D eigenvalue weighted by Gasteiger charge is 2.67. The normalized spacial score (nSPS) is 38.6. The molecule has 1 saturated carbocycles. The van der Waals surface area contributed by atoms with Crippen molar-refractivity contribution in [2.24, 2.45) is 11.8 Å². The van der Waals surface area contributed by atoms with E-state index in [1.54, 1.807) is 0 Å². The van der Waals surface area contributed by atoms with Crippen LogP contribution in [0.25, 0.3) is 0 Å². The third kappa shape index (κ3) is 2.49. The maximum Gasteiger partial charge on any atom is 0.371 e. The first-order valence-electron chi connectivity index (χ1n) is 8.38. The number of ether oxygens (including phenoxy) is 2. The lowest BCUT2D eigenvalue weighted by atomic mass is 9.85. The number of carbonyl (C=O) groups is 1. The van der Waals surface area contributed by atoms with E-state index >= 15 is 0 Å². The monoisotopic (exact) mass is 297 g/mol. The standard InChI is InChI=1S/C16H27NO4/c1-4-12-13(10-11(2)3)17-21-16(12)14(18)19-15(20-16)8-6-5-7-9-15/h11-13,17H,4-10H2,1-3H3/t12-,13-,16?/m1/s1. The number of esters is 1. The maximum atomic E-state index is 12.6. The fourth-order valence-corrected chi connectivity index (χ4v) is 4.02. The fraction of sp³-hybridized carbons (Fsp3) is 0.938. The molecule has 2 aliphatic heterocycles. The molecule has 1 unspecified atom stereocenters. The van der Waals surface area contributed by atoms with E-state index in [9.17, 15) is 4.79 Å². The summed E-state index contributed by atoms with van der Waals surface area (Å²) in [6.45, 7) is 6.43. The molecule has 3 rings (SSSR count). The van der Waals surface area contributed by atoms with Gasteiger partial charge in [0.05, 0.1) is 0 Å². The Morgan fingerprint density at radius 2 is 2.00 bits per heavy atom. The topological polar surface area (TPSA) is 56.8 Å². The summed E-state index contributed by atoms with van der Waals surface area (Å²) < 4.78 is 11.9. The van der Waals surface area contributed by atoms with E-state index in [1.807, 2.05) is 0 Å². The SMILES string of the molecule is CC[C@@H]1[C@@H](CC(C)C)NOC12OC1(CCCCC1)OC2=O. The molecule has 3 atom stereocenters. The summed E-state index contributed by atoms with van der Waals surface area (Å²) in [6, 6.07) is 0.140. The van der Waals surface area contributed by atoms with Crippen molar-refractivity contribution in [1.29, 1.82) is 0 Å². The summed E-state index contributed by atoms with van der Waals surface area (Å²) in [5, 5.41) is 0. The highest BCUT2D eigenvalue weighted by molar-refractivity contribution is 5.80. The molecule has 5 heteroatoms. The molecule has 3 aliphatic rings. The van der Waals surface area contributed by atoms with E-state index in [0.29, 0.717) is 5.92 Å². The molecule has 2 heterocycles. The van der Waals surface area contributed by atoms with Crippen LogP contribution in [0.15, 0.2) is 0 Å². The molecule has 1 aliphatic carbocycles. The van der Waals surface area contributed by atoms with Crippen LogP contribution in [0, 0.1) is 11.8 Å². The minimum absolute atomic E-state index is 0.00806. The average Bonchev–Trinajstić information content (AvgIpc) is 2.90. The van der Waals surface area contributed by atoms with Crippen molar-refractivity contribution in [3.05, 3.63) is 0 Å². The molecule has 5 nitrogen and oxygen atoms in total. The molecule has 0 aromatic heterocycles. The van der Waals surface area contributed by atoms with Crippen LogP contribution in [0.5, 0.6) is 0 Å². The van der Waals surface area contributed by atoms with E-state index in [-0.39, 0.29) is 17.9 Å². The van der Waals surface area contributed by atoms with Gasteiger partial charge in [-0.2, -0.15) is 5.48 Å². The summed E-state index contributed by atoms with van der Waals surface area (Å²) in [5.41, 5.74) is 3.05. The van der Waals surface area contributed by atoms with Gasteiger partial charge in [0.15, 0.2) is 0 Å². The zero-order valence-corrected chi connectivity index (χ0v) is 13.3. The third-order valence-electron chi connectivity index (χ3n) is 5.02. The molecule has 0 bridgehead atoms. The molecule has 2 saturated heterocycles. The van der Waals surface area contributed by atoms with Gasteiger partial charge >= 0.3 is 5.97 Å². The summed E-state index contributed by atoms with van der Waals surface area (Å²) in [5.74, 6) is -1.76. The van der Waals surface area contributed by atoms with Crippen LogP contribution in [-0.4, -0.2) is 23.6 Å². The number of hydrogen-bond donors (Lipinski definition) is 1. The van der Waals surface area contributed by atoms with Crippen LogP contribution in [0.1, 0.15) is 65.7 Å². The van der Waals surface area contributed by atoms with Crippen molar-refractivity contribution >= 4 is 5.97 Å². The van der Waals surface area contributed by atoms with Crippen molar-refractivity contribution < 1.29 is 19.1 Å². The van der Waals surface area contributed by atoms with E-state index in [0.717, 1.165) is 38.5 Å². The Kier molecular flexibility index (Phi) is 4.01. The molecule has 120 valence electrons. The van der Waals surface area contributed by atoms with Crippen molar-refractivity contribution in [2.45, 2.75) is 83.3 Å². The van der Waals surface area contributed by atoms with Crippen LogP contribution >= 0.6 is 0 Å². The highest BCUT2D eigenvalue weighted by atomic mass is 16.9. The van der Waals surface area contributed by atoms with Gasteiger partial charge in [-0.25, -0.2) is 4.79 Å². The van der Waals surface area contributed by atoms with Gasteiger partial charge in [-0.3, -0.25) is 9.57 Å². The molecule has 0 aromatic carbocycles. The van der Waals surface area contributed by atoms with Gasteiger partial charge in [0.1, 0.15) is 0 Å². The van der Waals surface area contributed by atoms with E-state index in [4.69, 9.17) is 14.3 Å². The molecule has 0 amide bonds. The Balaban J connectivity index is 1.81. The van der Waals surface area contributed by atoms with Crippen LogP contribution in [0.3, 0.4) is 0 Å². The number of hydrogen-bond acceptors (Lipinski definition) is 5. The van der Waals surface area contributed by atoms with Gasteiger partial charge in [0.25, 0.3) is 5.79 Å².